The van der Waals surface area contributed by atoms with Crippen molar-refractivity contribution in [1.29, 1.82) is 0 Å². The van der Waals surface area contributed by atoms with Gasteiger partial charge in [-0.1, -0.05) is 0 Å². The van der Waals surface area contributed by atoms with E-state index in [1.807, 2.05) is 13.8 Å². The van der Waals surface area contributed by atoms with Crippen molar-refractivity contribution in [3.05, 3.63) is 0 Å². The first-order valence-electron chi connectivity index (χ1n) is 5.45. The van der Waals surface area contributed by atoms with Crippen molar-refractivity contribution >= 4 is 10.0 Å². The molecule has 0 aromatic heterocycles. The van der Waals surface area contributed by atoms with Crippen molar-refractivity contribution in [2.45, 2.75) is 52.3 Å². The van der Waals surface area contributed by atoms with Gasteiger partial charge in [0.1, 0.15) is 0 Å². The average molecular weight is 252 g/mol. The van der Waals surface area contributed by atoms with Gasteiger partial charge in [-0.05, 0) is 34.6 Å². The molecule has 0 saturated heterocycles. The van der Waals surface area contributed by atoms with E-state index in [-0.39, 0.29) is 24.5 Å². The lowest BCUT2D eigenvalue weighted by Gasteiger charge is -2.29. The number of hydrogen-bond donors (Lipinski definition) is 2. The molecule has 0 heterocycles. The summed E-state index contributed by atoms with van der Waals surface area (Å²) in [6.07, 6.45) is 0.0386. The van der Waals surface area contributed by atoms with Crippen LogP contribution in [0.4, 0.5) is 0 Å². The van der Waals surface area contributed by atoms with Gasteiger partial charge in [-0.15, -0.1) is 0 Å². The molecule has 0 bridgehead atoms. The van der Waals surface area contributed by atoms with E-state index in [1.165, 1.54) is 0 Å². The van der Waals surface area contributed by atoms with Crippen molar-refractivity contribution in [3.8, 4) is 0 Å². The summed E-state index contributed by atoms with van der Waals surface area (Å²) in [6.45, 7) is 9.23. The summed E-state index contributed by atoms with van der Waals surface area (Å²) in [7, 11) is -3.33. The third-order valence-electron chi connectivity index (χ3n) is 2.36. The van der Waals surface area contributed by atoms with Gasteiger partial charge in [0.15, 0.2) is 0 Å². The zero-order chi connectivity index (χ0) is 13.0. The van der Waals surface area contributed by atoms with Crippen LogP contribution < -0.4 is 10.5 Å². The number of rotatable bonds is 7. The first kappa shape index (κ1) is 15.8. The van der Waals surface area contributed by atoms with E-state index < -0.39 is 15.6 Å². The second-order valence-electron chi connectivity index (χ2n) is 4.85. The van der Waals surface area contributed by atoms with Crippen molar-refractivity contribution in [2.75, 3.05) is 12.4 Å². The fourth-order valence-corrected chi connectivity index (χ4v) is 2.34. The van der Waals surface area contributed by atoms with E-state index in [0.717, 1.165) is 0 Å². The zero-order valence-electron chi connectivity index (χ0n) is 10.8. The van der Waals surface area contributed by atoms with Gasteiger partial charge < -0.3 is 10.5 Å². The molecule has 0 aliphatic rings. The van der Waals surface area contributed by atoms with Crippen LogP contribution in [-0.2, 0) is 14.8 Å². The van der Waals surface area contributed by atoms with Crippen molar-refractivity contribution in [1.82, 2.24) is 4.72 Å². The van der Waals surface area contributed by atoms with Gasteiger partial charge in [0.05, 0.1) is 18.5 Å². The topological polar surface area (TPSA) is 81.4 Å². The van der Waals surface area contributed by atoms with Crippen molar-refractivity contribution < 1.29 is 13.2 Å². The Morgan fingerprint density at radius 3 is 2.19 bits per heavy atom. The molecular weight excluding hydrogens is 228 g/mol. The average Bonchev–Trinajstić information content (AvgIpc) is 1.99. The van der Waals surface area contributed by atoms with E-state index in [1.54, 1.807) is 20.8 Å². The molecule has 0 saturated carbocycles. The van der Waals surface area contributed by atoms with Gasteiger partial charge >= 0.3 is 0 Å². The lowest BCUT2D eigenvalue weighted by Crippen LogP contribution is -2.55. The van der Waals surface area contributed by atoms with E-state index >= 15 is 0 Å². The third kappa shape index (κ3) is 6.42. The van der Waals surface area contributed by atoms with Crippen LogP contribution in [0.2, 0.25) is 0 Å². The highest BCUT2D eigenvalue weighted by molar-refractivity contribution is 7.89. The third-order valence-corrected chi connectivity index (χ3v) is 3.90. The first-order valence-corrected chi connectivity index (χ1v) is 7.11. The summed E-state index contributed by atoms with van der Waals surface area (Å²) < 4.78 is 31.1. The molecule has 1 unspecified atom stereocenters. The van der Waals surface area contributed by atoms with Gasteiger partial charge in [0, 0.05) is 11.6 Å². The predicted molar refractivity (Wildman–Crippen MR) is 65.7 cm³/mol. The maximum atomic E-state index is 11.7. The smallest absolute Gasteiger partial charge is 0.214 e. The Hall–Kier alpha value is -0.170. The molecule has 0 aliphatic carbocycles. The largest absolute Gasteiger partial charge is 0.378 e. The number of hydrogen-bond acceptors (Lipinski definition) is 4. The summed E-state index contributed by atoms with van der Waals surface area (Å²) in [5.74, 6) is -0.0403. The molecule has 3 N–H and O–H groups in total. The van der Waals surface area contributed by atoms with Crippen LogP contribution in [0, 0.1) is 0 Å². The standard InChI is InChI=1S/C10H24N2O3S/c1-8(2)15-6-7-16(13,14)12-10(4,5)9(3)11/h8-9,12H,6-7,11H2,1-5H3. The van der Waals surface area contributed by atoms with Gasteiger partial charge in [0.25, 0.3) is 0 Å². The van der Waals surface area contributed by atoms with Crippen molar-refractivity contribution in [3.63, 3.8) is 0 Å². The molecule has 5 nitrogen and oxygen atoms in total. The maximum absolute atomic E-state index is 11.7. The molecule has 0 fully saturated rings. The van der Waals surface area contributed by atoms with Gasteiger partial charge in [-0.2, -0.15) is 0 Å². The van der Waals surface area contributed by atoms with Gasteiger partial charge in [-0.3, -0.25) is 0 Å². The molecule has 0 aromatic rings. The second-order valence-corrected chi connectivity index (χ2v) is 6.69. The molecule has 0 aliphatic heterocycles. The van der Waals surface area contributed by atoms with Crippen LogP contribution in [0.1, 0.15) is 34.6 Å². The summed E-state index contributed by atoms with van der Waals surface area (Å²) in [6, 6.07) is -0.256. The lowest BCUT2D eigenvalue weighted by molar-refractivity contribution is 0.0910. The number of ether oxygens (including phenoxy) is 1. The monoisotopic (exact) mass is 252 g/mol. The summed E-state index contributed by atoms with van der Waals surface area (Å²) >= 11 is 0. The lowest BCUT2D eigenvalue weighted by atomic mass is 9.99. The van der Waals surface area contributed by atoms with E-state index in [2.05, 4.69) is 4.72 Å². The first-order chi connectivity index (χ1) is 7.07. The van der Waals surface area contributed by atoms with Crippen LogP contribution in [0.25, 0.3) is 0 Å². The molecule has 6 heteroatoms. The van der Waals surface area contributed by atoms with Crippen LogP contribution in [0.15, 0.2) is 0 Å². The molecule has 98 valence electrons. The van der Waals surface area contributed by atoms with Crippen LogP contribution >= 0.6 is 0 Å². The van der Waals surface area contributed by atoms with E-state index in [4.69, 9.17) is 10.5 Å². The molecule has 0 aromatic carbocycles. The number of nitrogens with one attached hydrogen (secondary N) is 1. The highest BCUT2D eigenvalue weighted by atomic mass is 32.2. The quantitative estimate of drug-likeness (QED) is 0.689. The van der Waals surface area contributed by atoms with Gasteiger partial charge in [-0.25, -0.2) is 13.1 Å². The molecule has 0 rings (SSSR count). The number of nitrogens with two attached hydrogens (primary N) is 1. The zero-order valence-corrected chi connectivity index (χ0v) is 11.6. The fraction of sp³-hybridized carbons (Fsp3) is 1.00. The maximum Gasteiger partial charge on any atom is 0.214 e. The van der Waals surface area contributed by atoms with Crippen LogP contribution in [0.3, 0.4) is 0 Å². The Labute approximate surface area is 98.8 Å². The predicted octanol–water partition coefficient (Wildman–Crippen LogP) is 0.457. The Morgan fingerprint density at radius 1 is 1.31 bits per heavy atom. The van der Waals surface area contributed by atoms with Crippen molar-refractivity contribution in [2.24, 2.45) is 5.73 Å². The summed E-state index contributed by atoms with van der Waals surface area (Å²) in [5, 5.41) is 0. The molecular formula is C10H24N2O3S. The Bertz CT molecular complexity index is 297. The highest BCUT2D eigenvalue weighted by Crippen LogP contribution is 2.08. The Balaban J connectivity index is 4.26. The SMILES string of the molecule is CC(C)OCCS(=O)(=O)NC(C)(C)C(C)N. The van der Waals surface area contributed by atoms with Gasteiger partial charge in [0.2, 0.25) is 10.0 Å². The minimum absolute atomic E-state index is 0.0386. The number of sulfonamides is 1. The Morgan fingerprint density at radius 2 is 1.81 bits per heavy atom. The molecule has 0 spiro atoms. The molecule has 0 radical (unpaired) electrons. The summed E-state index contributed by atoms with van der Waals surface area (Å²) in [4.78, 5) is 0. The summed E-state index contributed by atoms with van der Waals surface area (Å²) in [5.41, 5.74) is 5.05. The van der Waals surface area contributed by atoms with Crippen LogP contribution in [0.5, 0.6) is 0 Å². The van der Waals surface area contributed by atoms with E-state index in [9.17, 15) is 8.42 Å². The minimum atomic E-state index is -3.33. The van der Waals surface area contributed by atoms with Crippen LogP contribution in [-0.4, -0.2) is 38.5 Å². The fourth-order valence-electron chi connectivity index (χ4n) is 0.938. The minimum Gasteiger partial charge on any atom is -0.378 e. The van der Waals surface area contributed by atoms with E-state index in [0.29, 0.717) is 0 Å². The highest BCUT2D eigenvalue weighted by Gasteiger charge is 2.28. The molecule has 16 heavy (non-hydrogen) atoms. The normalized spacial score (nSPS) is 15.4. The second kappa shape index (κ2) is 5.95. The Kier molecular flexibility index (Phi) is 5.89. The molecule has 0 amide bonds. The molecule has 1 atom stereocenters.